The zero-order valence-corrected chi connectivity index (χ0v) is 23.0. The minimum absolute atomic E-state index is 0.0382. The minimum atomic E-state index is -4.39. The third-order valence-corrected chi connectivity index (χ3v) is 6.65. The normalized spacial score (nSPS) is 16.2. The average Bonchev–Trinajstić information content (AvgIpc) is 3.52. The summed E-state index contributed by atoms with van der Waals surface area (Å²) in [6.07, 6.45) is -0.712. The van der Waals surface area contributed by atoms with Gasteiger partial charge in [0, 0.05) is 36.5 Å². The predicted octanol–water partition coefficient (Wildman–Crippen LogP) is 4.49. The molecule has 0 bridgehead atoms. The van der Waals surface area contributed by atoms with Gasteiger partial charge in [0.2, 0.25) is 11.8 Å². The number of anilines is 2. The molecule has 5 rings (SSSR count). The highest BCUT2D eigenvalue weighted by atomic mass is 19.4. The molecule has 216 valence electrons. The smallest absolute Gasteiger partial charge is 0.401 e. The lowest BCUT2D eigenvalue weighted by atomic mass is 9.96. The molecule has 1 aromatic carbocycles. The van der Waals surface area contributed by atoms with Crippen LogP contribution in [0.4, 0.5) is 24.8 Å². The van der Waals surface area contributed by atoms with Crippen molar-refractivity contribution in [1.82, 2.24) is 40.6 Å². The lowest BCUT2D eigenvalue weighted by Gasteiger charge is -2.26. The number of alkyl halides is 3. The molecule has 0 fully saturated rings. The molecule has 1 amide bonds. The molecule has 0 saturated heterocycles. The van der Waals surface area contributed by atoms with E-state index in [-0.39, 0.29) is 24.9 Å². The van der Waals surface area contributed by atoms with E-state index in [1.807, 2.05) is 45.9 Å². The molecule has 0 saturated carbocycles. The van der Waals surface area contributed by atoms with Crippen molar-refractivity contribution in [1.29, 1.82) is 0 Å². The van der Waals surface area contributed by atoms with Gasteiger partial charge in [-0.05, 0) is 36.6 Å². The Bertz CT molecular complexity index is 1540. The fourth-order valence-electron chi connectivity index (χ4n) is 4.59. The first-order chi connectivity index (χ1) is 19.4. The van der Waals surface area contributed by atoms with Crippen molar-refractivity contribution in [3.8, 4) is 11.3 Å². The van der Waals surface area contributed by atoms with Crippen LogP contribution in [0.25, 0.3) is 11.3 Å². The average molecular weight is 570 g/mol. The number of carbonyl (C=O) groups excluding carboxylic acids is 1. The van der Waals surface area contributed by atoms with Gasteiger partial charge in [-0.15, -0.1) is 10.2 Å². The van der Waals surface area contributed by atoms with Gasteiger partial charge in [0.25, 0.3) is 0 Å². The first-order valence-electron chi connectivity index (χ1n) is 13.0. The molecule has 4 heterocycles. The second-order valence-electron chi connectivity index (χ2n) is 11.0. The monoisotopic (exact) mass is 569 g/mol. The van der Waals surface area contributed by atoms with Crippen LogP contribution < -0.4 is 10.6 Å². The van der Waals surface area contributed by atoms with Crippen LogP contribution in [0.2, 0.25) is 0 Å². The summed E-state index contributed by atoms with van der Waals surface area (Å²) < 4.78 is 45.7. The molecule has 3 aromatic heterocycles. The second-order valence-corrected chi connectivity index (χ2v) is 11.0. The van der Waals surface area contributed by atoms with Gasteiger partial charge in [0.15, 0.2) is 0 Å². The summed E-state index contributed by atoms with van der Waals surface area (Å²) in [4.78, 5) is 23.2. The lowest BCUT2D eigenvalue weighted by Crippen LogP contribution is -2.41. The Hall–Kier alpha value is -4.33. The highest BCUT2D eigenvalue weighted by molar-refractivity contribution is 5.89. The van der Waals surface area contributed by atoms with E-state index in [0.717, 1.165) is 22.5 Å². The summed E-state index contributed by atoms with van der Waals surface area (Å²) in [5.41, 5.74) is 3.94. The molecule has 11 nitrogen and oxygen atoms in total. The number of aromatic amines is 1. The number of hydrogen-bond donors (Lipinski definition) is 3. The van der Waals surface area contributed by atoms with Crippen LogP contribution in [0.5, 0.6) is 0 Å². The molecule has 4 aromatic rings. The number of benzene rings is 1. The summed E-state index contributed by atoms with van der Waals surface area (Å²) in [6.45, 7) is 6.47. The van der Waals surface area contributed by atoms with E-state index >= 15 is 0 Å². The standard InChI is InChI=1S/C27H30F3N9O2/c1-15-20(12-32-36-15)35-25-31-9-7-19(34-25)17-5-6-18-16(11-17)8-10-39(14-27(28,29)30)13-21(18)33-22(40)23-37-38-24(41-23)26(2,3)4/h5-7,9,11-12,21H,8,10,13-14H2,1-4H3,(H,32,36)(H,33,40)(H,31,34,35)/t21-/m0/s1. The highest BCUT2D eigenvalue weighted by Crippen LogP contribution is 2.31. The van der Waals surface area contributed by atoms with Crippen LogP contribution in [0.15, 0.2) is 41.1 Å². The zero-order valence-electron chi connectivity index (χ0n) is 23.0. The van der Waals surface area contributed by atoms with Crippen molar-refractivity contribution < 1.29 is 22.4 Å². The molecule has 41 heavy (non-hydrogen) atoms. The van der Waals surface area contributed by atoms with Gasteiger partial charge < -0.3 is 15.1 Å². The van der Waals surface area contributed by atoms with Crippen molar-refractivity contribution in [2.24, 2.45) is 0 Å². The van der Waals surface area contributed by atoms with Crippen LogP contribution in [0.1, 0.15) is 60.2 Å². The van der Waals surface area contributed by atoms with E-state index in [1.165, 1.54) is 4.90 Å². The molecule has 14 heteroatoms. The first kappa shape index (κ1) is 28.2. The number of nitrogens with one attached hydrogen (secondary N) is 3. The van der Waals surface area contributed by atoms with E-state index in [1.54, 1.807) is 18.5 Å². The molecular weight excluding hydrogens is 539 g/mol. The van der Waals surface area contributed by atoms with E-state index in [0.29, 0.717) is 23.6 Å². The molecule has 1 aliphatic rings. The number of aryl methyl sites for hydroxylation is 1. The Labute approximate surface area is 234 Å². The van der Waals surface area contributed by atoms with Crippen LogP contribution in [0, 0.1) is 6.92 Å². The molecule has 3 N–H and O–H groups in total. The van der Waals surface area contributed by atoms with E-state index in [4.69, 9.17) is 4.42 Å². The first-order valence-corrected chi connectivity index (χ1v) is 13.0. The van der Waals surface area contributed by atoms with Crippen LogP contribution in [0.3, 0.4) is 0 Å². The quantitative estimate of drug-likeness (QED) is 0.307. The topological polar surface area (TPSA) is 138 Å². The van der Waals surface area contributed by atoms with Gasteiger partial charge in [0.1, 0.15) is 0 Å². The Morgan fingerprint density at radius 2 is 2.00 bits per heavy atom. The number of fused-ring (bicyclic) bond motifs is 1. The van der Waals surface area contributed by atoms with Gasteiger partial charge in [-0.1, -0.05) is 32.9 Å². The van der Waals surface area contributed by atoms with Crippen molar-refractivity contribution in [2.75, 3.05) is 25.0 Å². The van der Waals surface area contributed by atoms with E-state index in [2.05, 4.69) is 41.0 Å². The van der Waals surface area contributed by atoms with Gasteiger partial charge >= 0.3 is 18.0 Å². The number of aromatic nitrogens is 6. The number of rotatable bonds is 6. The third kappa shape index (κ3) is 6.70. The van der Waals surface area contributed by atoms with Crippen molar-refractivity contribution in [3.05, 3.63) is 65.3 Å². The summed E-state index contributed by atoms with van der Waals surface area (Å²) in [5, 5.41) is 20.6. The number of hydrogen-bond acceptors (Lipinski definition) is 9. The number of H-pyrrole nitrogens is 1. The molecule has 0 spiro atoms. The molecule has 0 aliphatic carbocycles. The Balaban J connectivity index is 1.43. The summed E-state index contributed by atoms with van der Waals surface area (Å²) in [7, 11) is 0. The third-order valence-electron chi connectivity index (χ3n) is 6.65. The zero-order chi connectivity index (χ0) is 29.4. The van der Waals surface area contributed by atoms with E-state index < -0.39 is 30.1 Å². The van der Waals surface area contributed by atoms with E-state index in [9.17, 15) is 18.0 Å². The minimum Gasteiger partial charge on any atom is -0.416 e. The Morgan fingerprint density at radius 1 is 1.20 bits per heavy atom. The molecule has 0 unspecified atom stereocenters. The number of amides is 1. The van der Waals surface area contributed by atoms with Gasteiger partial charge in [-0.2, -0.15) is 18.3 Å². The fraction of sp³-hybridized carbons (Fsp3) is 0.407. The SMILES string of the molecule is Cc1n[nH]cc1Nc1nccc(-c2ccc3c(c2)CCN(CC(F)(F)F)C[C@@H]3NC(=O)c2nnc(C(C)(C)C)o2)n1. The maximum absolute atomic E-state index is 13.4. The highest BCUT2D eigenvalue weighted by Gasteiger charge is 2.35. The lowest BCUT2D eigenvalue weighted by molar-refractivity contribution is -0.146. The Morgan fingerprint density at radius 3 is 2.68 bits per heavy atom. The Kier molecular flexibility index (Phi) is 7.51. The summed E-state index contributed by atoms with van der Waals surface area (Å²) in [6, 6.07) is 6.55. The molecule has 1 aliphatic heterocycles. The maximum atomic E-state index is 13.4. The van der Waals surface area contributed by atoms with Crippen LogP contribution in [-0.4, -0.2) is 67.0 Å². The van der Waals surface area contributed by atoms with Gasteiger partial charge in [-0.3, -0.25) is 14.8 Å². The number of nitrogens with zero attached hydrogens (tertiary/aromatic N) is 6. The van der Waals surface area contributed by atoms with Gasteiger partial charge in [0.05, 0.1) is 29.7 Å². The summed E-state index contributed by atoms with van der Waals surface area (Å²) in [5.74, 6) is -0.233. The van der Waals surface area contributed by atoms with Crippen molar-refractivity contribution >= 4 is 17.5 Å². The summed E-state index contributed by atoms with van der Waals surface area (Å²) >= 11 is 0. The molecule has 1 atom stereocenters. The molecule has 0 radical (unpaired) electrons. The van der Waals surface area contributed by atoms with Crippen LogP contribution in [-0.2, 0) is 11.8 Å². The predicted molar refractivity (Wildman–Crippen MR) is 143 cm³/mol. The largest absolute Gasteiger partial charge is 0.416 e. The second kappa shape index (κ2) is 10.9. The number of halogens is 3. The van der Waals surface area contributed by atoms with Crippen LogP contribution >= 0.6 is 0 Å². The van der Waals surface area contributed by atoms with Crippen molar-refractivity contribution in [2.45, 2.75) is 51.7 Å². The fourth-order valence-corrected chi connectivity index (χ4v) is 4.59. The van der Waals surface area contributed by atoms with Crippen molar-refractivity contribution in [3.63, 3.8) is 0 Å². The maximum Gasteiger partial charge on any atom is 0.401 e. The number of carbonyl (C=O) groups is 1. The van der Waals surface area contributed by atoms with Gasteiger partial charge in [-0.25, -0.2) is 9.97 Å². The molecular formula is C27H30F3N9O2.